The molecule has 0 aliphatic rings. The molecule has 0 atom stereocenters. The molecule has 0 amide bonds. The Morgan fingerprint density at radius 3 is 2.70 bits per heavy atom. The number of imidazole rings is 1. The highest BCUT2D eigenvalue weighted by molar-refractivity contribution is 7.89. The monoisotopic (exact) mass is 297 g/mol. The van der Waals surface area contributed by atoms with Gasteiger partial charge in [0.15, 0.2) is 5.03 Å². The van der Waals surface area contributed by atoms with Crippen molar-refractivity contribution >= 4 is 10.0 Å². The van der Waals surface area contributed by atoms with Crippen molar-refractivity contribution in [1.82, 2.24) is 14.7 Å². The van der Waals surface area contributed by atoms with Gasteiger partial charge in [-0.1, -0.05) is 6.07 Å². The third-order valence-corrected chi connectivity index (χ3v) is 4.04. The van der Waals surface area contributed by atoms with E-state index in [4.69, 9.17) is 9.47 Å². The van der Waals surface area contributed by atoms with Crippen molar-refractivity contribution in [1.29, 1.82) is 0 Å². The molecule has 2 aromatic rings. The molecule has 108 valence electrons. The van der Waals surface area contributed by atoms with Crippen molar-refractivity contribution in [2.75, 3.05) is 14.2 Å². The van der Waals surface area contributed by atoms with Gasteiger partial charge in [-0.05, 0) is 6.07 Å². The number of rotatable bonds is 6. The van der Waals surface area contributed by atoms with Crippen LogP contribution in [0.2, 0.25) is 0 Å². The minimum absolute atomic E-state index is 0.0185. The standard InChI is InChI=1S/C12H15N3O4S/c1-18-10-4-3-9(11(5-10)19-2)6-15-20(16,17)12-7-13-8-14-12/h3-5,7-8,15H,6H2,1-2H3,(H,13,14). The fourth-order valence-electron chi connectivity index (χ4n) is 1.64. The van der Waals surface area contributed by atoms with Crippen LogP contribution in [0.25, 0.3) is 0 Å². The summed E-state index contributed by atoms with van der Waals surface area (Å²) in [5.74, 6) is 1.19. The van der Waals surface area contributed by atoms with Crippen LogP contribution in [-0.2, 0) is 16.6 Å². The first-order valence-corrected chi connectivity index (χ1v) is 7.24. The van der Waals surface area contributed by atoms with Gasteiger partial charge in [-0.3, -0.25) is 0 Å². The topological polar surface area (TPSA) is 93.3 Å². The number of hydrogen-bond acceptors (Lipinski definition) is 5. The number of methoxy groups -OCH3 is 2. The molecule has 1 heterocycles. The molecule has 0 aliphatic carbocycles. The van der Waals surface area contributed by atoms with E-state index < -0.39 is 10.0 Å². The quantitative estimate of drug-likeness (QED) is 0.826. The smallest absolute Gasteiger partial charge is 0.257 e. The third-order valence-electron chi connectivity index (χ3n) is 2.71. The molecule has 0 aliphatic heterocycles. The molecule has 2 N–H and O–H groups in total. The van der Waals surface area contributed by atoms with Gasteiger partial charge in [0.1, 0.15) is 11.5 Å². The van der Waals surface area contributed by atoms with Gasteiger partial charge in [0.25, 0.3) is 10.0 Å². The molecule has 2 rings (SSSR count). The fourth-order valence-corrected chi connectivity index (χ4v) is 2.55. The average Bonchev–Trinajstić information content (AvgIpc) is 3.00. The zero-order valence-corrected chi connectivity index (χ0v) is 11.9. The summed E-state index contributed by atoms with van der Waals surface area (Å²) in [6.07, 6.45) is 2.55. The van der Waals surface area contributed by atoms with Gasteiger partial charge in [0.05, 0.1) is 26.7 Å². The van der Waals surface area contributed by atoms with Crippen LogP contribution >= 0.6 is 0 Å². The number of ether oxygens (including phenoxy) is 2. The lowest BCUT2D eigenvalue weighted by Crippen LogP contribution is -2.23. The fraction of sp³-hybridized carbons (Fsp3) is 0.250. The predicted octanol–water partition coefficient (Wildman–Crippen LogP) is 0.905. The van der Waals surface area contributed by atoms with E-state index in [1.54, 1.807) is 25.3 Å². The van der Waals surface area contributed by atoms with Crippen molar-refractivity contribution in [2.45, 2.75) is 11.6 Å². The van der Waals surface area contributed by atoms with Crippen molar-refractivity contribution < 1.29 is 17.9 Å². The van der Waals surface area contributed by atoms with Crippen molar-refractivity contribution in [3.8, 4) is 11.5 Å². The second-order valence-electron chi connectivity index (χ2n) is 3.92. The van der Waals surface area contributed by atoms with Gasteiger partial charge in [0.2, 0.25) is 0 Å². The largest absolute Gasteiger partial charge is 0.497 e. The molecule has 20 heavy (non-hydrogen) atoms. The van der Waals surface area contributed by atoms with E-state index in [-0.39, 0.29) is 11.6 Å². The van der Waals surface area contributed by atoms with Gasteiger partial charge in [-0.25, -0.2) is 18.1 Å². The predicted molar refractivity (Wildman–Crippen MR) is 72.2 cm³/mol. The van der Waals surface area contributed by atoms with Gasteiger partial charge in [-0.15, -0.1) is 0 Å². The van der Waals surface area contributed by atoms with Crippen LogP contribution in [0, 0.1) is 0 Å². The summed E-state index contributed by atoms with van der Waals surface area (Å²) in [5.41, 5.74) is 0.705. The lowest BCUT2D eigenvalue weighted by molar-refractivity contribution is 0.390. The third kappa shape index (κ3) is 3.09. The van der Waals surface area contributed by atoms with E-state index in [1.807, 2.05) is 0 Å². The summed E-state index contributed by atoms with van der Waals surface area (Å²) in [6.45, 7) is 0.106. The van der Waals surface area contributed by atoms with Crippen LogP contribution in [0.3, 0.4) is 0 Å². The van der Waals surface area contributed by atoms with Crippen LogP contribution in [0.5, 0.6) is 11.5 Å². The molecule has 0 fully saturated rings. The van der Waals surface area contributed by atoms with E-state index >= 15 is 0 Å². The van der Waals surface area contributed by atoms with E-state index in [9.17, 15) is 8.42 Å². The molecule has 0 saturated heterocycles. The Kier molecular flexibility index (Phi) is 4.26. The van der Waals surface area contributed by atoms with E-state index in [2.05, 4.69) is 14.7 Å². The first-order valence-electron chi connectivity index (χ1n) is 5.76. The van der Waals surface area contributed by atoms with E-state index in [1.165, 1.54) is 19.6 Å². The molecule has 0 bridgehead atoms. The first kappa shape index (κ1) is 14.4. The number of nitrogens with one attached hydrogen (secondary N) is 2. The van der Waals surface area contributed by atoms with Crippen LogP contribution in [0.4, 0.5) is 0 Å². The highest BCUT2D eigenvalue weighted by atomic mass is 32.2. The average molecular weight is 297 g/mol. The van der Waals surface area contributed by atoms with Gasteiger partial charge in [0, 0.05) is 18.2 Å². The lowest BCUT2D eigenvalue weighted by Gasteiger charge is -2.11. The molecule has 0 radical (unpaired) electrons. The van der Waals surface area contributed by atoms with E-state index in [0.29, 0.717) is 17.1 Å². The summed E-state index contributed by atoms with van der Waals surface area (Å²) < 4.78 is 36.6. The van der Waals surface area contributed by atoms with Crippen molar-refractivity contribution in [2.24, 2.45) is 0 Å². The van der Waals surface area contributed by atoms with Gasteiger partial charge < -0.3 is 14.5 Å². The number of nitrogens with zero attached hydrogens (tertiary/aromatic N) is 1. The summed E-state index contributed by atoms with van der Waals surface area (Å²) in [5, 5.41) is 0.0185. The Bertz CT molecular complexity index is 668. The molecule has 1 aromatic heterocycles. The molecule has 1 aromatic carbocycles. The molecular formula is C12H15N3O4S. The Morgan fingerprint density at radius 1 is 1.30 bits per heavy atom. The number of aromatic nitrogens is 2. The molecular weight excluding hydrogens is 282 g/mol. The zero-order valence-electron chi connectivity index (χ0n) is 11.1. The number of hydrogen-bond donors (Lipinski definition) is 2. The molecule has 0 spiro atoms. The summed E-state index contributed by atoms with van der Waals surface area (Å²) in [7, 11) is -0.544. The number of aromatic amines is 1. The maximum Gasteiger partial charge on any atom is 0.257 e. The Morgan fingerprint density at radius 2 is 2.10 bits per heavy atom. The van der Waals surface area contributed by atoms with Crippen LogP contribution < -0.4 is 14.2 Å². The van der Waals surface area contributed by atoms with Crippen LogP contribution in [-0.4, -0.2) is 32.6 Å². The molecule has 0 saturated carbocycles. The molecule has 7 nitrogen and oxygen atoms in total. The zero-order chi connectivity index (χ0) is 14.6. The molecule has 8 heteroatoms. The second-order valence-corrected chi connectivity index (χ2v) is 5.65. The van der Waals surface area contributed by atoms with Crippen molar-refractivity contribution in [3.05, 3.63) is 36.3 Å². The number of sulfonamides is 1. The maximum absolute atomic E-state index is 11.9. The normalized spacial score (nSPS) is 11.3. The Balaban J connectivity index is 2.15. The highest BCUT2D eigenvalue weighted by Crippen LogP contribution is 2.24. The van der Waals surface area contributed by atoms with Gasteiger partial charge >= 0.3 is 0 Å². The highest BCUT2D eigenvalue weighted by Gasteiger charge is 2.16. The van der Waals surface area contributed by atoms with Crippen molar-refractivity contribution in [3.63, 3.8) is 0 Å². The number of H-pyrrole nitrogens is 1. The summed E-state index contributed by atoms with van der Waals surface area (Å²) in [4.78, 5) is 6.23. The summed E-state index contributed by atoms with van der Waals surface area (Å²) in [6, 6.07) is 5.18. The van der Waals surface area contributed by atoms with E-state index in [0.717, 1.165) is 0 Å². The Labute approximate surface area is 117 Å². The van der Waals surface area contributed by atoms with Crippen LogP contribution in [0.1, 0.15) is 5.56 Å². The SMILES string of the molecule is COc1ccc(CNS(=O)(=O)c2cnc[nH]2)c(OC)c1. The minimum atomic E-state index is -3.61. The first-order chi connectivity index (χ1) is 9.56. The Hall–Kier alpha value is -2.06. The van der Waals surface area contributed by atoms with Gasteiger partial charge in [-0.2, -0.15) is 0 Å². The maximum atomic E-state index is 11.9. The van der Waals surface area contributed by atoms with Crippen LogP contribution in [0.15, 0.2) is 35.7 Å². The number of benzene rings is 1. The lowest BCUT2D eigenvalue weighted by atomic mass is 10.2. The minimum Gasteiger partial charge on any atom is -0.497 e. The summed E-state index contributed by atoms with van der Waals surface area (Å²) >= 11 is 0. The molecule has 0 unspecified atom stereocenters. The second kappa shape index (κ2) is 5.93.